The van der Waals surface area contributed by atoms with E-state index in [-0.39, 0.29) is 29.5 Å². The van der Waals surface area contributed by atoms with Crippen molar-refractivity contribution >= 4 is 27.3 Å². The number of carboxylic acid groups (broad SMARTS) is 1. The van der Waals surface area contributed by atoms with Crippen molar-refractivity contribution in [2.75, 3.05) is 19.7 Å². The highest BCUT2D eigenvalue weighted by atomic mass is 32.2. The van der Waals surface area contributed by atoms with Crippen LogP contribution in [0.25, 0.3) is 0 Å². The topological polar surface area (TPSA) is 94.9 Å². The molecule has 1 aromatic heterocycles. The lowest BCUT2D eigenvalue weighted by molar-refractivity contribution is 0.0698. The fourth-order valence-corrected chi connectivity index (χ4v) is 4.03. The number of carbonyl (C=O) groups is 1. The highest BCUT2D eigenvalue weighted by Gasteiger charge is 2.28. The molecule has 0 unspecified atom stereocenters. The molecule has 0 spiro atoms. The minimum Gasteiger partial charge on any atom is -0.477 e. The molecule has 0 aliphatic heterocycles. The van der Waals surface area contributed by atoms with E-state index in [0.29, 0.717) is 0 Å². The molecule has 8 heteroatoms. The van der Waals surface area contributed by atoms with Crippen LogP contribution in [0.5, 0.6) is 0 Å². The molecule has 0 fully saturated rings. The van der Waals surface area contributed by atoms with Gasteiger partial charge in [0.15, 0.2) is 0 Å². The number of aromatic carboxylic acids is 1. The minimum absolute atomic E-state index is 0.0479. The van der Waals surface area contributed by atoms with E-state index in [9.17, 15) is 13.2 Å². The zero-order valence-corrected chi connectivity index (χ0v) is 10.8. The lowest BCUT2D eigenvalue weighted by Gasteiger charge is -2.18. The van der Waals surface area contributed by atoms with E-state index in [0.717, 1.165) is 15.6 Å². The van der Waals surface area contributed by atoms with Crippen LogP contribution in [0.2, 0.25) is 0 Å². The van der Waals surface area contributed by atoms with Crippen molar-refractivity contribution in [2.24, 2.45) is 0 Å². The van der Waals surface area contributed by atoms with Crippen LogP contribution in [0.4, 0.5) is 0 Å². The lowest BCUT2D eigenvalue weighted by atomic mass is 10.5. The average Bonchev–Trinajstić information content (AvgIpc) is 2.74. The zero-order valence-electron chi connectivity index (χ0n) is 9.16. The van der Waals surface area contributed by atoms with Gasteiger partial charge >= 0.3 is 5.97 Å². The van der Waals surface area contributed by atoms with Gasteiger partial charge < -0.3 is 10.2 Å². The third kappa shape index (κ3) is 2.83. The fraction of sp³-hybridized carbons (Fsp3) is 0.444. The van der Waals surface area contributed by atoms with Gasteiger partial charge in [-0.1, -0.05) is 6.92 Å². The Morgan fingerprint density at radius 3 is 2.65 bits per heavy atom. The number of hydrogen-bond acceptors (Lipinski definition) is 5. The predicted molar refractivity (Wildman–Crippen MR) is 62.8 cm³/mol. The van der Waals surface area contributed by atoms with Crippen molar-refractivity contribution in [1.82, 2.24) is 4.31 Å². The van der Waals surface area contributed by atoms with E-state index in [1.165, 1.54) is 11.4 Å². The lowest BCUT2D eigenvalue weighted by Crippen LogP contribution is -2.33. The van der Waals surface area contributed by atoms with Gasteiger partial charge in [-0.2, -0.15) is 4.31 Å². The summed E-state index contributed by atoms with van der Waals surface area (Å²) in [7, 11) is -3.84. The summed E-state index contributed by atoms with van der Waals surface area (Å²) in [6.07, 6.45) is 0. The molecule has 0 aliphatic rings. The van der Waals surface area contributed by atoms with Gasteiger partial charge in [-0.05, 0) is 11.4 Å². The van der Waals surface area contributed by atoms with Crippen LogP contribution < -0.4 is 0 Å². The maximum atomic E-state index is 12.1. The van der Waals surface area contributed by atoms with E-state index in [1.807, 2.05) is 0 Å². The van der Waals surface area contributed by atoms with Crippen molar-refractivity contribution < 1.29 is 23.4 Å². The molecule has 0 amide bonds. The molecule has 0 atom stereocenters. The van der Waals surface area contributed by atoms with E-state index in [1.54, 1.807) is 6.92 Å². The Morgan fingerprint density at radius 2 is 2.18 bits per heavy atom. The highest BCUT2D eigenvalue weighted by molar-refractivity contribution is 7.89. The Kier molecular flexibility index (Phi) is 4.63. The fourth-order valence-electron chi connectivity index (χ4n) is 1.36. The van der Waals surface area contributed by atoms with Crippen LogP contribution in [0.3, 0.4) is 0 Å². The van der Waals surface area contributed by atoms with Crippen molar-refractivity contribution in [1.29, 1.82) is 0 Å². The van der Waals surface area contributed by atoms with Crippen molar-refractivity contribution in [3.8, 4) is 0 Å². The number of nitrogens with zero attached hydrogens (tertiary/aromatic N) is 1. The summed E-state index contributed by atoms with van der Waals surface area (Å²) in [4.78, 5) is 10.5. The molecular weight excluding hydrogens is 266 g/mol. The number of sulfonamides is 1. The molecular formula is C9H13NO5S2. The first-order valence-electron chi connectivity index (χ1n) is 4.87. The summed E-state index contributed by atoms with van der Waals surface area (Å²) in [5, 5.41) is 19.1. The van der Waals surface area contributed by atoms with Crippen molar-refractivity contribution in [3.05, 3.63) is 16.3 Å². The summed E-state index contributed by atoms with van der Waals surface area (Å²) >= 11 is 0.863. The van der Waals surface area contributed by atoms with Gasteiger partial charge in [0.1, 0.15) is 9.77 Å². The molecule has 6 nitrogen and oxygen atoms in total. The molecule has 0 saturated heterocycles. The molecule has 0 bridgehead atoms. The molecule has 0 aromatic carbocycles. The first-order valence-corrected chi connectivity index (χ1v) is 7.19. The van der Waals surface area contributed by atoms with E-state index in [4.69, 9.17) is 10.2 Å². The second-order valence-electron chi connectivity index (χ2n) is 3.14. The second kappa shape index (κ2) is 5.58. The number of rotatable bonds is 6. The van der Waals surface area contributed by atoms with Crippen LogP contribution in [0.1, 0.15) is 16.6 Å². The van der Waals surface area contributed by atoms with Crippen molar-refractivity contribution in [3.63, 3.8) is 0 Å². The molecule has 0 saturated carbocycles. The molecule has 0 aliphatic carbocycles. The summed E-state index contributed by atoms with van der Waals surface area (Å²) in [6, 6.07) is 1.27. The van der Waals surface area contributed by atoms with Crippen molar-refractivity contribution in [2.45, 2.75) is 11.8 Å². The Hall–Kier alpha value is -0.960. The number of carboxylic acids is 1. The van der Waals surface area contributed by atoms with Crippen LogP contribution in [-0.2, 0) is 10.0 Å². The summed E-state index contributed by atoms with van der Waals surface area (Å²) in [6.45, 7) is 1.45. The monoisotopic (exact) mass is 279 g/mol. The summed E-state index contributed by atoms with van der Waals surface area (Å²) < 4.78 is 25.2. The molecule has 0 radical (unpaired) electrons. The smallest absolute Gasteiger partial charge is 0.347 e. The Balaban J connectivity index is 3.20. The van der Waals surface area contributed by atoms with Gasteiger partial charge in [-0.15, -0.1) is 11.3 Å². The normalized spacial score (nSPS) is 11.9. The first kappa shape index (κ1) is 14.1. The van der Waals surface area contributed by atoms with Gasteiger partial charge in [0.05, 0.1) is 6.61 Å². The quantitative estimate of drug-likeness (QED) is 0.788. The number of aliphatic hydroxyl groups is 1. The Morgan fingerprint density at radius 1 is 1.53 bits per heavy atom. The molecule has 1 rings (SSSR count). The molecule has 2 N–H and O–H groups in total. The third-order valence-electron chi connectivity index (χ3n) is 2.14. The number of aliphatic hydroxyl groups excluding tert-OH is 1. The number of hydrogen-bond donors (Lipinski definition) is 2. The van der Waals surface area contributed by atoms with Gasteiger partial charge in [0.2, 0.25) is 10.0 Å². The predicted octanol–water partition coefficient (Wildman–Crippen LogP) is 0.449. The summed E-state index contributed by atoms with van der Waals surface area (Å²) in [5.41, 5.74) is 0. The van der Waals surface area contributed by atoms with Crippen LogP contribution in [0, 0.1) is 0 Å². The van der Waals surface area contributed by atoms with Crippen LogP contribution in [0.15, 0.2) is 16.3 Å². The standard InChI is InChI=1S/C9H13NO5S2/c1-2-10(4-5-11)17(14,15)7-3-6-16-8(7)9(12)13/h3,6,11H,2,4-5H2,1H3,(H,12,13). The minimum atomic E-state index is -3.84. The van der Waals surface area contributed by atoms with Gasteiger partial charge in [0.25, 0.3) is 0 Å². The summed E-state index contributed by atoms with van der Waals surface area (Å²) in [5.74, 6) is -1.27. The van der Waals surface area contributed by atoms with Gasteiger partial charge in [0, 0.05) is 13.1 Å². The van der Waals surface area contributed by atoms with E-state index >= 15 is 0 Å². The molecule has 1 aromatic rings. The van der Waals surface area contributed by atoms with Crippen LogP contribution >= 0.6 is 11.3 Å². The van der Waals surface area contributed by atoms with E-state index in [2.05, 4.69) is 0 Å². The van der Waals surface area contributed by atoms with Crippen LogP contribution in [-0.4, -0.2) is 48.6 Å². The average molecular weight is 279 g/mol. The maximum Gasteiger partial charge on any atom is 0.347 e. The number of thiophene rings is 1. The molecule has 96 valence electrons. The SMILES string of the molecule is CCN(CCO)S(=O)(=O)c1ccsc1C(=O)O. The third-order valence-corrected chi connectivity index (χ3v) is 5.19. The second-order valence-corrected chi connectivity index (χ2v) is 5.96. The highest BCUT2D eigenvalue weighted by Crippen LogP contribution is 2.24. The Bertz CT molecular complexity index is 493. The first-order chi connectivity index (χ1) is 7.95. The zero-order chi connectivity index (χ0) is 13.1. The van der Waals surface area contributed by atoms with Gasteiger partial charge in [-0.3, -0.25) is 0 Å². The van der Waals surface area contributed by atoms with Gasteiger partial charge in [-0.25, -0.2) is 13.2 Å². The Labute approximate surface area is 103 Å². The maximum absolute atomic E-state index is 12.1. The molecule has 17 heavy (non-hydrogen) atoms. The number of likely N-dealkylation sites (N-methyl/N-ethyl adjacent to an activating group) is 1. The molecule has 1 heterocycles. The van der Waals surface area contributed by atoms with E-state index < -0.39 is 16.0 Å². The largest absolute Gasteiger partial charge is 0.477 e.